The Balaban J connectivity index is 2.81. The average Bonchev–Trinajstić information content (AvgIpc) is 2.77. The third-order valence-electron chi connectivity index (χ3n) is 2.22. The number of anilines is 1. The Hall–Kier alpha value is -1.98. The van der Waals surface area contributed by atoms with Crippen molar-refractivity contribution in [2.24, 2.45) is 0 Å². The van der Waals surface area contributed by atoms with Crippen molar-refractivity contribution in [3.05, 3.63) is 17.9 Å². The zero-order valence-corrected chi connectivity index (χ0v) is 9.90. The molecule has 0 radical (unpaired) electrons. The Morgan fingerprint density at radius 1 is 1.47 bits per heavy atom. The maximum atomic E-state index is 11.3. The van der Waals surface area contributed by atoms with Gasteiger partial charge in [0.2, 0.25) is 11.7 Å². The molecule has 0 saturated carbocycles. The number of furan rings is 1. The molecule has 1 rings (SSSR count). The van der Waals surface area contributed by atoms with E-state index < -0.39 is 5.97 Å². The fraction of sp³-hybridized carbons (Fsp3) is 0.455. The number of likely N-dealkylation sites (N-methyl/N-ethyl adjacent to an activating group) is 1. The summed E-state index contributed by atoms with van der Waals surface area (Å²) in [6.07, 6.45) is 0.833. The highest BCUT2D eigenvalue weighted by molar-refractivity contribution is 5.85. The number of aromatic carboxylic acids is 1. The average molecular weight is 240 g/mol. The van der Waals surface area contributed by atoms with Crippen molar-refractivity contribution in [1.82, 2.24) is 5.32 Å². The number of carboxylic acids is 1. The number of carboxylic acid groups (broad SMARTS) is 1. The number of nitrogens with zero attached hydrogens (tertiary/aromatic N) is 1. The van der Waals surface area contributed by atoms with Crippen LogP contribution < -0.4 is 10.2 Å². The lowest BCUT2D eigenvalue weighted by atomic mass is 10.4. The molecule has 1 aromatic rings. The van der Waals surface area contributed by atoms with Crippen molar-refractivity contribution < 1.29 is 19.1 Å². The van der Waals surface area contributed by atoms with Gasteiger partial charge in [-0.25, -0.2) is 4.79 Å². The summed E-state index contributed by atoms with van der Waals surface area (Å²) in [7, 11) is 1.55. The molecule has 6 heteroatoms. The van der Waals surface area contributed by atoms with E-state index in [0.717, 1.165) is 6.42 Å². The normalized spacial score (nSPS) is 10.0. The molecule has 0 aliphatic rings. The molecule has 1 amide bonds. The van der Waals surface area contributed by atoms with Crippen LogP contribution in [0.5, 0.6) is 0 Å². The third kappa shape index (κ3) is 3.51. The predicted molar refractivity (Wildman–Crippen MR) is 62.2 cm³/mol. The highest BCUT2D eigenvalue weighted by Gasteiger charge is 2.16. The Morgan fingerprint density at radius 3 is 2.65 bits per heavy atom. The minimum atomic E-state index is -1.12. The number of carbonyl (C=O) groups excluding carboxylic acids is 1. The molecule has 17 heavy (non-hydrogen) atoms. The van der Waals surface area contributed by atoms with Crippen molar-refractivity contribution in [3.8, 4) is 0 Å². The van der Waals surface area contributed by atoms with Gasteiger partial charge >= 0.3 is 5.97 Å². The highest BCUT2D eigenvalue weighted by Crippen LogP contribution is 2.18. The Morgan fingerprint density at radius 2 is 2.18 bits per heavy atom. The maximum Gasteiger partial charge on any atom is 0.371 e. The molecule has 6 nitrogen and oxygen atoms in total. The van der Waals surface area contributed by atoms with E-state index in [1.807, 2.05) is 6.92 Å². The van der Waals surface area contributed by atoms with Crippen LogP contribution >= 0.6 is 0 Å². The van der Waals surface area contributed by atoms with Crippen molar-refractivity contribution >= 4 is 17.8 Å². The fourth-order valence-electron chi connectivity index (χ4n) is 1.40. The Bertz CT molecular complexity index is 400. The van der Waals surface area contributed by atoms with Crippen molar-refractivity contribution in [1.29, 1.82) is 0 Å². The summed E-state index contributed by atoms with van der Waals surface area (Å²) in [6.45, 7) is 2.74. The van der Waals surface area contributed by atoms with Crippen LogP contribution in [-0.2, 0) is 4.79 Å². The quantitative estimate of drug-likeness (QED) is 0.773. The summed E-state index contributed by atoms with van der Waals surface area (Å²) >= 11 is 0. The van der Waals surface area contributed by atoms with Gasteiger partial charge in [-0.1, -0.05) is 6.92 Å². The summed E-state index contributed by atoms with van der Waals surface area (Å²) in [6, 6.07) is 2.94. The van der Waals surface area contributed by atoms with E-state index in [1.54, 1.807) is 18.0 Å². The number of hydrogen-bond acceptors (Lipinski definition) is 4. The van der Waals surface area contributed by atoms with E-state index in [2.05, 4.69) is 5.32 Å². The van der Waals surface area contributed by atoms with Gasteiger partial charge in [0, 0.05) is 19.7 Å². The van der Waals surface area contributed by atoms with E-state index in [9.17, 15) is 9.59 Å². The SMILES string of the molecule is CCCN(CC(=O)NC)c1ccc(C(=O)O)o1. The van der Waals surface area contributed by atoms with E-state index >= 15 is 0 Å². The smallest absolute Gasteiger partial charge is 0.371 e. The standard InChI is InChI=1S/C11H16N2O4/c1-3-6-13(7-9(14)12-2)10-5-4-8(17-10)11(15)16/h4-5H,3,6-7H2,1-2H3,(H,12,14)(H,15,16). The van der Waals surface area contributed by atoms with Crippen LogP contribution in [0, 0.1) is 0 Å². The second-order valence-corrected chi connectivity index (χ2v) is 3.54. The van der Waals surface area contributed by atoms with Gasteiger partial charge in [-0.15, -0.1) is 0 Å². The van der Waals surface area contributed by atoms with E-state index in [4.69, 9.17) is 9.52 Å². The van der Waals surface area contributed by atoms with Crippen molar-refractivity contribution in [2.75, 3.05) is 25.0 Å². The van der Waals surface area contributed by atoms with Gasteiger partial charge in [0.15, 0.2) is 5.88 Å². The van der Waals surface area contributed by atoms with E-state index in [0.29, 0.717) is 12.4 Å². The lowest BCUT2D eigenvalue weighted by Crippen LogP contribution is -2.35. The highest BCUT2D eigenvalue weighted by atomic mass is 16.4. The molecule has 0 aliphatic carbocycles. The van der Waals surface area contributed by atoms with E-state index in [1.165, 1.54) is 6.07 Å². The van der Waals surface area contributed by atoms with Crippen LogP contribution in [0.3, 0.4) is 0 Å². The lowest BCUT2D eigenvalue weighted by molar-refractivity contribution is -0.119. The zero-order valence-electron chi connectivity index (χ0n) is 9.90. The molecule has 0 aromatic carbocycles. The van der Waals surface area contributed by atoms with Crippen LogP contribution in [0.25, 0.3) is 0 Å². The molecular weight excluding hydrogens is 224 g/mol. The molecular formula is C11H16N2O4. The summed E-state index contributed by atoms with van der Waals surface area (Å²) in [5, 5.41) is 11.3. The molecule has 0 bridgehead atoms. The van der Waals surface area contributed by atoms with Crippen LogP contribution in [0.1, 0.15) is 23.9 Å². The lowest BCUT2D eigenvalue weighted by Gasteiger charge is -2.19. The molecule has 1 aromatic heterocycles. The second-order valence-electron chi connectivity index (χ2n) is 3.54. The van der Waals surface area contributed by atoms with Gasteiger partial charge in [0.1, 0.15) is 0 Å². The molecule has 94 valence electrons. The fourth-order valence-corrected chi connectivity index (χ4v) is 1.40. The zero-order chi connectivity index (χ0) is 12.8. The first-order valence-corrected chi connectivity index (χ1v) is 5.37. The molecule has 1 heterocycles. The summed E-state index contributed by atoms with van der Waals surface area (Å²) in [5.41, 5.74) is 0. The molecule has 2 N–H and O–H groups in total. The second kappa shape index (κ2) is 5.93. The summed E-state index contributed by atoms with van der Waals surface area (Å²) in [4.78, 5) is 23.7. The van der Waals surface area contributed by atoms with Crippen LogP contribution in [-0.4, -0.2) is 37.1 Å². The van der Waals surface area contributed by atoms with Gasteiger partial charge < -0.3 is 19.7 Å². The molecule has 0 atom stereocenters. The van der Waals surface area contributed by atoms with Crippen LogP contribution in [0.4, 0.5) is 5.88 Å². The van der Waals surface area contributed by atoms with Gasteiger partial charge in [0.05, 0.1) is 6.54 Å². The van der Waals surface area contributed by atoms with Gasteiger partial charge in [-0.05, 0) is 12.5 Å². The largest absolute Gasteiger partial charge is 0.475 e. The minimum Gasteiger partial charge on any atom is -0.475 e. The molecule has 0 aliphatic heterocycles. The number of carbonyl (C=O) groups is 2. The molecule has 0 fully saturated rings. The van der Waals surface area contributed by atoms with Crippen LogP contribution in [0.15, 0.2) is 16.5 Å². The van der Waals surface area contributed by atoms with Gasteiger partial charge in [-0.2, -0.15) is 0 Å². The van der Waals surface area contributed by atoms with Crippen molar-refractivity contribution in [2.45, 2.75) is 13.3 Å². The van der Waals surface area contributed by atoms with Gasteiger partial charge in [0.25, 0.3) is 0 Å². The number of rotatable bonds is 6. The minimum absolute atomic E-state index is 0.127. The first-order chi connectivity index (χ1) is 8.08. The van der Waals surface area contributed by atoms with Gasteiger partial charge in [-0.3, -0.25) is 4.79 Å². The number of nitrogens with one attached hydrogen (secondary N) is 1. The third-order valence-corrected chi connectivity index (χ3v) is 2.22. The monoisotopic (exact) mass is 240 g/mol. The molecule has 0 saturated heterocycles. The van der Waals surface area contributed by atoms with Crippen molar-refractivity contribution in [3.63, 3.8) is 0 Å². The predicted octanol–water partition coefficient (Wildman–Crippen LogP) is 0.940. The van der Waals surface area contributed by atoms with Crippen LogP contribution in [0.2, 0.25) is 0 Å². The molecule has 0 unspecified atom stereocenters. The molecule has 0 spiro atoms. The first kappa shape index (κ1) is 13.1. The summed E-state index contributed by atoms with van der Waals surface area (Å²) < 4.78 is 5.15. The van der Waals surface area contributed by atoms with E-state index in [-0.39, 0.29) is 18.2 Å². The number of hydrogen-bond donors (Lipinski definition) is 2. The Labute approximate surface area is 99.2 Å². The Kier molecular flexibility index (Phi) is 4.56. The topological polar surface area (TPSA) is 82.8 Å². The number of amides is 1. The maximum absolute atomic E-state index is 11.3. The first-order valence-electron chi connectivity index (χ1n) is 5.37. The summed E-state index contributed by atoms with van der Waals surface area (Å²) in [5.74, 6) is -0.995.